The lowest BCUT2D eigenvalue weighted by atomic mass is 10.2. The van der Waals surface area contributed by atoms with Crippen molar-refractivity contribution in [3.63, 3.8) is 0 Å². The van der Waals surface area contributed by atoms with Crippen molar-refractivity contribution >= 4 is 17.7 Å². The molecule has 6 nitrogen and oxygen atoms in total. The second-order valence-corrected chi connectivity index (χ2v) is 3.73. The number of rotatable bonds is 5. The number of amides is 3. The van der Waals surface area contributed by atoms with E-state index in [1.807, 2.05) is 6.92 Å². The van der Waals surface area contributed by atoms with Crippen molar-refractivity contribution in [1.29, 1.82) is 0 Å². The number of hydrogen-bond acceptors (Lipinski definition) is 3. The molecule has 0 aliphatic carbocycles. The zero-order chi connectivity index (χ0) is 12.0. The van der Waals surface area contributed by atoms with Crippen molar-refractivity contribution in [2.45, 2.75) is 32.2 Å². The Labute approximate surface area is 94.2 Å². The van der Waals surface area contributed by atoms with Crippen LogP contribution in [0.25, 0.3) is 0 Å². The summed E-state index contributed by atoms with van der Waals surface area (Å²) < 4.78 is 0. The van der Waals surface area contributed by atoms with E-state index in [0.29, 0.717) is 19.4 Å². The van der Waals surface area contributed by atoms with Crippen LogP contribution < -0.4 is 16.0 Å². The smallest absolute Gasteiger partial charge is 0.243 e. The maximum atomic E-state index is 11.5. The van der Waals surface area contributed by atoms with Crippen LogP contribution in [0, 0.1) is 0 Å². The van der Waals surface area contributed by atoms with Gasteiger partial charge in [0.15, 0.2) is 0 Å². The fraction of sp³-hybridized carbons (Fsp3) is 0.700. The van der Waals surface area contributed by atoms with E-state index in [4.69, 9.17) is 0 Å². The first-order chi connectivity index (χ1) is 7.63. The Bertz CT molecular complexity index is 291. The number of nitrogens with one attached hydrogen (secondary N) is 3. The zero-order valence-corrected chi connectivity index (χ0v) is 9.34. The van der Waals surface area contributed by atoms with Crippen LogP contribution in [0.3, 0.4) is 0 Å². The van der Waals surface area contributed by atoms with Crippen molar-refractivity contribution < 1.29 is 14.4 Å². The highest BCUT2D eigenvalue weighted by Gasteiger charge is 2.26. The van der Waals surface area contributed by atoms with Crippen LogP contribution in [0.15, 0.2) is 0 Å². The Morgan fingerprint density at radius 3 is 2.75 bits per heavy atom. The second-order valence-electron chi connectivity index (χ2n) is 3.73. The van der Waals surface area contributed by atoms with Crippen LogP contribution in [-0.2, 0) is 14.4 Å². The van der Waals surface area contributed by atoms with Gasteiger partial charge in [0.2, 0.25) is 17.7 Å². The third-order valence-corrected chi connectivity index (χ3v) is 2.31. The molecule has 3 amide bonds. The molecule has 1 aliphatic heterocycles. The van der Waals surface area contributed by atoms with E-state index >= 15 is 0 Å². The van der Waals surface area contributed by atoms with E-state index in [1.54, 1.807) is 0 Å². The molecule has 1 rings (SSSR count). The Morgan fingerprint density at radius 1 is 1.44 bits per heavy atom. The van der Waals surface area contributed by atoms with Crippen molar-refractivity contribution in [2.24, 2.45) is 0 Å². The topological polar surface area (TPSA) is 87.3 Å². The maximum absolute atomic E-state index is 11.5. The molecule has 90 valence electrons. The molecule has 0 spiro atoms. The van der Waals surface area contributed by atoms with E-state index in [2.05, 4.69) is 16.0 Å². The molecule has 1 heterocycles. The van der Waals surface area contributed by atoms with Gasteiger partial charge >= 0.3 is 0 Å². The Kier molecular flexibility index (Phi) is 4.75. The maximum Gasteiger partial charge on any atom is 0.243 e. The molecule has 0 aromatic carbocycles. The zero-order valence-electron chi connectivity index (χ0n) is 9.34. The average Bonchev–Trinajstić information content (AvgIpc) is 2.69. The third-order valence-electron chi connectivity index (χ3n) is 2.31. The molecule has 0 radical (unpaired) electrons. The van der Waals surface area contributed by atoms with Crippen LogP contribution in [0.4, 0.5) is 0 Å². The first-order valence-electron chi connectivity index (χ1n) is 5.47. The van der Waals surface area contributed by atoms with Crippen LogP contribution in [0.2, 0.25) is 0 Å². The predicted octanol–water partition coefficient (Wildman–Crippen LogP) is -1.09. The van der Waals surface area contributed by atoms with E-state index in [9.17, 15) is 14.4 Å². The fourth-order valence-electron chi connectivity index (χ4n) is 1.43. The summed E-state index contributed by atoms with van der Waals surface area (Å²) in [5.74, 6) is -0.618. The van der Waals surface area contributed by atoms with Crippen molar-refractivity contribution in [2.75, 3.05) is 13.1 Å². The van der Waals surface area contributed by atoms with Gasteiger partial charge in [-0.3, -0.25) is 14.4 Å². The highest BCUT2D eigenvalue weighted by molar-refractivity contribution is 5.92. The molecule has 0 bridgehead atoms. The van der Waals surface area contributed by atoms with Crippen LogP contribution in [0.1, 0.15) is 26.2 Å². The highest BCUT2D eigenvalue weighted by atomic mass is 16.2. The Morgan fingerprint density at radius 2 is 2.19 bits per heavy atom. The van der Waals surface area contributed by atoms with Gasteiger partial charge in [0, 0.05) is 13.0 Å². The fourth-order valence-corrected chi connectivity index (χ4v) is 1.43. The molecule has 6 heteroatoms. The van der Waals surface area contributed by atoms with Gasteiger partial charge < -0.3 is 16.0 Å². The molecule has 1 saturated heterocycles. The molecular weight excluding hydrogens is 210 g/mol. The standard InChI is InChI=1S/C10H17N3O3/c1-2-5-11-9(15)6-12-10(16)7-3-4-8(14)13-7/h7H,2-6H2,1H3,(H,11,15)(H,12,16)(H,13,14)/t7-/m0/s1. The number of carbonyl (C=O) groups excluding carboxylic acids is 3. The van der Waals surface area contributed by atoms with E-state index < -0.39 is 6.04 Å². The van der Waals surface area contributed by atoms with Crippen molar-refractivity contribution in [3.05, 3.63) is 0 Å². The molecular formula is C10H17N3O3. The normalized spacial score (nSPS) is 19.1. The molecule has 1 aliphatic rings. The van der Waals surface area contributed by atoms with E-state index in [0.717, 1.165) is 6.42 Å². The van der Waals surface area contributed by atoms with Crippen LogP contribution in [0.5, 0.6) is 0 Å². The lowest BCUT2D eigenvalue weighted by Gasteiger charge is -2.10. The summed E-state index contributed by atoms with van der Waals surface area (Å²) in [7, 11) is 0. The van der Waals surface area contributed by atoms with Gasteiger partial charge in [-0.25, -0.2) is 0 Å². The summed E-state index contributed by atoms with van der Waals surface area (Å²) in [5.41, 5.74) is 0. The number of hydrogen-bond donors (Lipinski definition) is 3. The van der Waals surface area contributed by atoms with Crippen molar-refractivity contribution in [3.8, 4) is 0 Å². The molecule has 0 aromatic heterocycles. The molecule has 0 saturated carbocycles. The summed E-state index contributed by atoms with van der Waals surface area (Å²) in [6.45, 7) is 2.52. The lowest BCUT2D eigenvalue weighted by Crippen LogP contribution is -2.45. The average molecular weight is 227 g/mol. The number of carbonyl (C=O) groups is 3. The first kappa shape index (κ1) is 12.5. The molecule has 0 aromatic rings. The molecule has 1 fully saturated rings. The first-order valence-corrected chi connectivity index (χ1v) is 5.47. The van der Waals surface area contributed by atoms with Crippen LogP contribution >= 0.6 is 0 Å². The predicted molar refractivity (Wildman–Crippen MR) is 57.5 cm³/mol. The third kappa shape index (κ3) is 3.88. The summed E-state index contributed by atoms with van der Waals surface area (Å²) in [6, 6.07) is -0.480. The minimum Gasteiger partial charge on any atom is -0.355 e. The summed E-state index contributed by atoms with van der Waals surface area (Å²) in [6.07, 6.45) is 1.74. The summed E-state index contributed by atoms with van der Waals surface area (Å²) in [4.78, 5) is 33.5. The van der Waals surface area contributed by atoms with Gasteiger partial charge in [0.25, 0.3) is 0 Å². The van der Waals surface area contributed by atoms with Gasteiger partial charge in [-0.05, 0) is 12.8 Å². The summed E-state index contributed by atoms with van der Waals surface area (Å²) in [5, 5.41) is 7.67. The largest absolute Gasteiger partial charge is 0.355 e. The van der Waals surface area contributed by atoms with E-state index in [-0.39, 0.29) is 24.3 Å². The molecule has 3 N–H and O–H groups in total. The minimum atomic E-state index is -0.480. The van der Waals surface area contributed by atoms with Gasteiger partial charge in [-0.15, -0.1) is 0 Å². The molecule has 16 heavy (non-hydrogen) atoms. The second kappa shape index (κ2) is 6.09. The van der Waals surface area contributed by atoms with Crippen LogP contribution in [-0.4, -0.2) is 36.9 Å². The Balaban J connectivity index is 2.19. The monoisotopic (exact) mass is 227 g/mol. The minimum absolute atomic E-state index is 0.0365. The van der Waals surface area contributed by atoms with Gasteiger partial charge in [0.05, 0.1) is 6.54 Å². The lowest BCUT2D eigenvalue weighted by molar-refractivity contribution is -0.128. The van der Waals surface area contributed by atoms with Crippen molar-refractivity contribution in [1.82, 2.24) is 16.0 Å². The van der Waals surface area contributed by atoms with Gasteiger partial charge in [0.1, 0.15) is 6.04 Å². The molecule has 0 unspecified atom stereocenters. The SMILES string of the molecule is CCCNC(=O)CNC(=O)[C@@H]1CCC(=O)N1. The quantitative estimate of drug-likeness (QED) is 0.557. The van der Waals surface area contributed by atoms with Gasteiger partial charge in [-0.2, -0.15) is 0 Å². The Hall–Kier alpha value is -1.59. The van der Waals surface area contributed by atoms with E-state index in [1.165, 1.54) is 0 Å². The highest BCUT2D eigenvalue weighted by Crippen LogP contribution is 2.05. The molecule has 1 atom stereocenters. The summed E-state index contributed by atoms with van der Waals surface area (Å²) >= 11 is 0. The van der Waals surface area contributed by atoms with Gasteiger partial charge in [-0.1, -0.05) is 6.92 Å².